The minimum absolute atomic E-state index is 0.308. The Bertz CT molecular complexity index is 774. The van der Waals surface area contributed by atoms with E-state index in [0.29, 0.717) is 18.3 Å². The molecular formula is C14H15ClN4O2. The lowest BCUT2D eigenvalue weighted by Gasteiger charge is -2.07. The van der Waals surface area contributed by atoms with Gasteiger partial charge in [-0.15, -0.1) is 11.6 Å². The van der Waals surface area contributed by atoms with Crippen molar-refractivity contribution in [2.45, 2.75) is 26.3 Å². The van der Waals surface area contributed by atoms with Gasteiger partial charge in [0.2, 0.25) is 5.88 Å². The van der Waals surface area contributed by atoms with E-state index in [9.17, 15) is 0 Å². The van der Waals surface area contributed by atoms with Crippen molar-refractivity contribution in [3.63, 3.8) is 0 Å². The second-order valence-corrected chi connectivity index (χ2v) is 5.01. The first kappa shape index (κ1) is 13.9. The number of ether oxygens (including phenoxy) is 1. The molecule has 0 radical (unpaired) electrons. The van der Waals surface area contributed by atoms with Gasteiger partial charge in [-0.25, -0.2) is 4.98 Å². The Morgan fingerprint density at radius 1 is 1.29 bits per heavy atom. The highest BCUT2D eigenvalue weighted by molar-refractivity contribution is 6.16. The van der Waals surface area contributed by atoms with Gasteiger partial charge in [0.1, 0.15) is 17.1 Å². The summed E-state index contributed by atoms with van der Waals surface area (Å²) in [6.07, 6.45) is 0. The lowest BCUT2D eigenvalue weighted by Crippen LogP contribution is -2.06. The van der Waals surface area contributed by atoms with Crippen LogP contribution < -0.4 is 4.74 Å². The van der Waals surface area contributed by atoms with Crippen molar-refractivity contribution in [1.82, 2.24) is 19.7 Å². The standard InChI is InChI=1S/C14H15ClN4O2/c1-8-10(9(2)21-18-8)7-19-12(6-15)16-11-4-5-13(20-3)17-14(11)19/h4-5H,6-7H2,1-3H3. The summed E-state index contributed by atoms with van der Waals surface area (Å²) >= 11 is 6.02. The fraction of sp³-hybridized carbons (Fsp3) is 0.357. The summed E-state index contributed by atoms with van der Waals surface area (Å²) < 4.78 is 12.4. The molecule has 0 aliphatic rings. The molecule has 0 aromatic carbocycles. The molecule has 3 heterocycles. The Labute approximate surface area is 126 Å². The molecule has 3 rings (SSSR count). The fourth-order valence-electron chi connectivity index (χ4n) is 2.30. The normalized spacial score (nSPS) is 11.2. The van der Waals surface area contributed by atoms with Crippen LogP contribution in [0.5, 0.6) is 5.88 Å². The van der Waals surface area contributed by atoms with Crippen LogP contribution in [0.4, 0.5) is 0 Å². The van der Waals surface area contributed by atoms with Gasteiger partial charge in [-0.1, -0.05) is 5.16 Å². The lowest BCUT2D eigenvalue weighted by atomic mass is 10.2. The first-order chi connectivity index (χ1) is 10.1. The summed E-state index contributed by atoms with van der Waals surface area (Å²) in [5.74, 6) is 2.40. The van der Waals surface area contributed by atoms with E-state index in [2.05, 4.69) is 15.1 Å². The molecule has 0 bridgehead atoms. The number of methoxy groups -OCH3 is 1. The van der Waals surface area contributed by atoms with Gasteiger partial charge in [-0.2, -0.15) is 4.98 Å². The van der Waals surface area contributed by atoms with Gasteiger partial charge in [0.15, 0.2) is 5.65 Å². The largest absolute Gasteiger partial charge is 0.481 e. The summed E-state index contributed by atoms with van der Waals surface area (Å²) in [5, 5.41) is 3.98. The van der Waals surface area contributed by atoms with Crippen LogP contribution in [0.2, 0.25) is 0 Å². The summed E-state index contributed by atoms with van der Waals surface area (Å²) in [4.78, 5) is 8.98. The number of rotatable bonds is 4. The van der Waals surface area contributed by atoms with E-state index in [1.165, 1.54) is 0 Å². The minimum Gasteiger partial charge on any atom is -0.481 e. The molecule has 0 aliphatic carbocycles. The number of alkyl halides is 1. The highest BCUT2D eigenvalue weighted by Crippen LogP contribution is 2.22. The average molecular weight is 307 g/mol. The van der Waals surface area contributed by atoms with Gasteiger partial charge in [0.25, 0.3) is 0 Å². The van der Waals surface area contributed by atoms with Crippen LogP contribution in [-0.2, 0) is 12.4 Å². The zero-order chi connectivity index (χ0) is 15.0. The van der Waals surface area contributed by atoms with Gasteiger partial charge in [-0.05, 0) is 19.9 Å². The van der Waals surface area contributed by atoms with E-state index < -0.39 is 0 Å². The molecule has 0 aliphatic heterocycles. The lowest BCUT2D eigenvalue weighted by molar-refractivity contribution is 0.392. The Morgan fingerprint density at radius 2 is 2.10 bits per heavy atom. The maximum absolute atomic E-state index is 6.02. The minimum atomic E-state index is 0.308. The zero-order valence-corrected chi connectivity index (χ0v) is 12.8. The summed E-state index contributed by atoms with van der Waals surface area (Å²) in [5.41, 5.74) is 3.41. The SMILES string of the molecule is COc1ccc2nc(CCl)n(Cc3c(C)noc3C)c2n1. The maximum atomic E-state index is 6.02. The third-order valence-corrected chi connectivity index (χ3v) is 3.71. The van der Waals surface area contributed by atoms with Crippen LogP contribution in [0.25, 0.3) is 11.2 Å². The first-order valence-electron chi connectivity index (χ1n) is 6.52. The number of nitrogens with zero attached hydrogens (tertiary/aromatic N) is 4. The second kappa shape index (κ2) is 5.37. The van der Waals surface area contributed by atoms with Gasteiger partial charge in [-0.3, -0.25) is 0 Å². The second-order valence-electron chi connectivity index (χ2n) is 4.75. The number of hydrogen-bond donors (Lipinski definition) is 0. The monoisotopic (exact) mass is 306 g/mol. The Hall–Kier alpha value is -2.08. The Balaban J connectivity index is 2.15. The van der Waals surface area contributed by atoms with Crippen LogP contribution in [0.1, 0.15) is 22.8 Å². The molecule has 0 spiro atoms. The smallest absolute Gasteiger partial charge is 0.215 e. The van der Waals surface area contributed by atoms with Crippen LogP contribution >= 0.6 is 11.6 Å². The van der Waals surface area contributed by atoms with Crippen LogP contribution in [-0.4, -0.2) is 26.8 Å². The molecule has 110 valence electrons. The quantitative estimate of drug-likeness (QED) is 0.693. The molecular weight excluding hydrogens is 292 g/mol. The van der Waals surface area contributed by atoms with Crippen molar-refractivity contribution in [3.05, 3.63) is 35.0 Å². The summed E-state index contributed by atoms with van der Waals surface area (Å²) in [6, 6.07) is 3.66. The number of aryl methyl sites for hydroxylation is 2. The van der Waals surface area contributed by atoms with Crippen LogP contribution in [0, 0.1) is 13.8 Å². The molecule has 0 unspecified atom stereocenters. The van der Waals surface area contributed by atoms with Crippen molar-refractivity contribution in [2.24, 2.45) is 0 Å². The van der Waals surface area contributed by atoms with E-state index in [1.807, 2.05) is 24.5 Å². The van der Waals surface area contributed by atoms with Crippen molar-refractivity contribution in [1.29, 1.82) is 0 Å². The number of halogens is 1. The molecule has 0 saturated carbocycles. The fourth-order valence-corrected chi connectivity index (χ4v) is 2.50. The molecule has 3 aromatic rings. The number of imidazole rings is 1. The molecule has 0 fully saturated rings. The molecule has 7 heteroatoms. The molecule has 6 nitrogen and oxygen atoms in total. The average Bonchev–Trinajstić information content (AvgIpc) is 3.01. The predicted octanol–water partition coefficient (Wildman–Crippen LogP) is 2.83. The van der Waals surface area contributed by atoms with Gasteiger partial charge < -0.3 is 13.8 Å². The molecule has 0 N–H and O–H groups in total. The van der Waals surface area contributed by atoms with Crippen LogP contribution in [0.3, 0.4) is 0 Å². The van der Waals surface area contributed by atoms with Crippen LogP contribution in [0.15, 0.2) is 16.7 Å². The predicted molar refractivity (Wildman–Crippen MR) is 78.7 cm³/mol. The number of pyridine rings is 1. The van der Waals surface area contributed by atoms with E-state index >= 15 is 0 Å². The van der Waals surface area contributed by atoms with Crippen molar-refractivity contribution in [3.8, 4) is 5.88 Å². The topological polar surface area (TPSA) is 66.0 Å². The van der Waals surface area contributed by atoms with E-state index in [4.69, 9.17) is 20.9 Å². The van der Waals surface area contributed by atoms with E-state index in [-0.39, 0.29) is 0 Å². The highest BCUT2D eigenvalue weighted by Gasteiger charge is 2.16. The molecule has 0 atom stereocenters. The molecule has 0 saturated heterocycles. The van der Waals surface area contributed by atoms with Crippen molar-refractivity contribution in [2.75, 3.05) is 7.11 Å². The number of hydrogen-bond acceptors (Lipinski definition) is 5. The highest BCUT2D eigenvalue weighted by atomic mass is 35.5. The number of fused-ring (bicyclic) bond motifs is 1. The van der Waals surface area contributed by atoms with Gasteiger partial charge >= 0.3 is 0 Å². The van der Waals surface area contributed by atoms with Crippen molar-refractivity contribution >= 4 is 22.8 Å². The zero-order valence-electron chi connectivity index (χ0n) is 12.1. The molecule has 3 aromatic heterocycles. The summed E-state index contributed by atoms with van der Waals surface area (Å²) in [6.45, 7) is 4.38. The molecule has 21 heavy (non-hydrogen) atoms. The Kier molecular flexibility index (Phi) is 3.55. The van der Waals surface area contributed by atoms with Crippen molar-refractivity contribution < 1.29 is 9.26 Å². The van der Waals surface area contributed by atoms with E-state index in [1.54, 1.807) is 13.2 Å². The number of aromatic nitrogens is 4. The molecule has 0 amide bonds. The Morgan fingerprint density at radius 3 is 2.71 bits per heavy atom. The maximum Gasteiger partial charge on any atom is 0.215 e. The van der Waals surface area contributed by atoms with Gasteiger partial charge in [0.05, 0.1) is 25.2 Å². The van der Waals surface area contributed by atoms with Gasteiger partial charge in [0, 0.05) is 11.6 Å². The first-order valence-corrected chi connectivity index (χ1v) is 7.05. The third-order valence-electron chi connectivity index (χ3n) is 3.47. The third kappa shape index (κ3) is 2.35. The summed E-state index contributed by atoms with van der Waals surface area (Å²) in [7, 11) is 1.59. The van der Waals surface area contributed by atoms with E-state index in [0.717, 1.165) is 34.0 Å².